The number of alkyl halides is 1. The molecule has 0 bridgehead atoms. The zero-order chi connectivity index (χ0) is 15.9. The van der Waals surface area contributed by atoms with Gasteiger partial charge in [-0.1, -0.05) is 0 Å². The van der Waals surface area contributed by atoms with E-state index in [0.717, 1.165) is 16.5 Å². The lowest BCUT2D eigenvalue weighted by Gasteiger charge is -2.47. The third-order valence-corrected chi connectivity index (χ3v) is 4.32. The normalized spacial score (nSPS) is 17.0. The van der Waals surface area contributed by atoms with Crippen LogP contribution in [0.25, 0.3) is 22.2 Å². The van der Waals surface area contributed by atoms with Crippen LogP contribution in [0.3, 0.4) is 0 Å². The average molecular weight is 311 g/mol. The number of likely N-dealkylation sites (tertiary alicyclic amines) is 1. The maximum atomic E-state index is 13.6. The maximum Gasteiger partial charge on any atom is 0.160 e. The van der Waals surface area contributed by atoms with Gasteiger partial charge >= 0.3 is 0 Å². The Morgan fingerprint density at radius 2 is 2.26 bits per heavy atom. The van der Waals surface area contributed by atoms with Crippen LogP contribution in [0.15, 0.2) is 30.9 Å². The molecule has 8 heteroatoms. The molecule has 23 heavy (non-hydrogen) atoms. The van der Waals surface area contributed by atoms with E-state index in [9.17, 15) is 4.39 Å². The van der Waals surface area contributed by atoms with E-state index in [1.165, 1.54) is 0 Å². The fraction of sp³-hybridized carbons (Fsp3) is 0.333. The predicted molar refractivity (Wildman–Crippen MR) is 81.1 cm³/mol. The van der Waals surface area contributed by atoms with Crippen LogP contribution < -0.4 is 0 Å². The Labute approximate surface area is 131 Å². The predicted octanol–water partition coefficient (Wildman–Crippen LogP) is 1.33. The first-order valence-corrected chi connectivity index (χ1v) is 7.25. The SMILES string of the molecule is N#CCN1CC(CF)(n2cc(-c3cnnc4[nH]ccc34)cn2)C1. The van der Waals surface area contributed by atoms with Crippen molar-refractivity contribution >= 4 is 11.0 Å². The van der Waals surface area contributed by atoms with E-state index < -0.39 is 12.2 Å². The molecule has 0 saturated carbocycles. The summed E-state index contributed by atoms with van der Waals surface area (Å²) in [5.41, 5.74) is 1.81. The van der Waals surface area contributed by atoms with Gasteiger partial charge in [0.1, 0.15) is 12.2 Å². The molecule has 1 aliphatic heterocycles. The first-order valence-electron chi connectivity index (χ1n) is 7.25. The van der Waals surface area contributed by atoms with Gasteiger partial charge in [0.15, 0.2) is 5.65 Å². The zero-order valence-electron chi connectivity index (χ0n) is 12.3. The molecular weight excluding hydrogens is 297 g/mol. The van der Waals surface area contributed by atoms with Crippen molar-refractivity contribution in [1.29, 1.82) is 5.26 Å². The van der Waals surface area contributed by atoms with Crippen molar-refractivity contribution in [3.05, 3.63) is 30.9 Å². The third kappa shape index (κ3) is 2.09. The number of hydrogen-bond acceptors (Lipinski definition) is 5. The van der Waals surface area contributed by atoms with Crippen molar-refractivity contribution in [3.63, 3.8) is 0 Å². The molecule has 1 fully saturated rings. The summed E-state index contributed by atoms with van der Waals surface area (Å²) < 4.78 is 15.3. The Kier molecular flexibility index (Phi) is 3.09. The van der Waals surface area contributed by atoms with E-state index in [4.69, 9.17) is 5.26 Å². The monoisotopic (exact) mass is 311 g/mol. The summed E-state index contributed by atoms with van der Waals surface area (Å²) in [6.07, 6.45) is 7.05. The van der Waals surface area contributed by atoms with E-state index in [1.807, 2.05) is 23.4 Å². The number of halogens is 1. The summed E-state index contributed by atoms with van der Waals surface area (Å²) in [7, 11) is 0. The lowest BCUT2D eigenvalue weighted by atomic mass is 9.91. The largest absolute Gasteiger partial charge is 0.345 e. The van der Waals surface area contributed by atoms with E-state index in [0.29, 0.717) is 25.3 Å². The number of fused-ring (bicyclic) bond motifs is 1. The van der Waals surface area contributed by atoms with Gasteiger partial charge in [-0.15, -0.1) is 5.10 Å². The van der Waals surface area contributed by atoms with Crippen LogP contribution in [0, 0.1) is 11.3 Å². The molecule has 1 N–H and O–H groups in total. The van der Waals surface area contributed by atoms with Crippen LogP contribution in [0.5, 0.6) is 0 Å². The van der Waals surface area contributed by atoms with Gasteiger partial charge in [0.25, 0.3) is 0 Å². The highest BCUT2D eigenvalue weighted by molar-refractivity contribution is 5.91. The lowest BCUT2D eigenvalue weighted by molar-refractivity contribution is -0.00684. The summed E-state index contributed by atoms with van der Waals surface area (Å²) in [4.78, 5) is 4.92. The molecule has 0 unspecified atom stereocenters. The third-order valence-electron chi connectivity index (χ3n) is 4.32. The quantitative estimate of drug-likeness (QED) is 0.735. The number of nitrogens with one attached hydrogen (secondary N) is 1. The molecule has 1 saturated heterocycles. The lowest BCUT2D eigenvalue weighted by Crippen LogP contribution is -2.64. The Balaban J connectivity index is 1.67. The molecule has 0 aliphatic carbocycles. The molecule has 1 aliphatic rings. The molecule has 7 nitrogen and oxygen atoms in total. The molecular formula is C15H14FN7. The van der Waals surface area contributed by atoms with E-state index in [2.05, 4.69) is 26.3 Å². The van der Waals surface area contributed by atoms with E-state index >= 15 is 0 Å². The number of hydrogen-bond donors (Lipinski definition) is 1. The minimum absolute atomic E-state index is 0.314. The van der Waals surface area contributed by atoms with Gasteiger partial charge in [-0.3, -0.25) is 9.58 Å². The number of H-pyrrole nitrogens is 1. The van der Waals surface area contributed by atoms with Crippen LogP contribution in [-0.4, -0.2) is 56.2 Å². The molecule has 0 atom stereocenters. The van der Waals surface area contributed by atoms with Crippen molar-refractivity contribution < 1.29 is 4.39 Å². The summed E-state index contributed by atoms with van der Waals surface area (Å²) in [5, 5.41) is 22.0. The highest BCUT2D eigenvalue weighted by Crippen LogP contribution is 2.32. The van der Waals surface area contributed by atoms with Crippen molar-refractivity contribution in [1.82, 2.24) is 29.9 Å². The van der Waals surface area contributed by atoms with Gasteiger partial charge in [0.2, 0.25) is 0 Å². The van der Waals surface area contributed by atoms with Gasteiger partial charge in [-0.25, -0.2) is 4.39 Å². The van der Waals surface area contributed by atoms with Crippen molar-refractivity contribution in [2.24, 2.45) is 0 Å². The van der Waals surface area contributed by atoms with Crippen LogP contribution in [0.1, 0.15) is 0 Å². The second-order valence-corrected chi connectivity index (χ2v) is 5.83. The van der Waals surface area contributed by atoms with Crippen molar-refractivity contribution in [2.45, 2.75) is 5.54 Å². The standard InChI is InChI=1S/C15H14FN7/c16-8-15(9-22(10-15)4-2-17)23-7-11(5-20-23)13-6-19-21-14-12(13)1-3-18-14/h1,3,5-7H,4,8-10H2,(H,18,21). The van der Waals surface area contributed by atoms with E-state index in [1.54, 1.807) is 17.1 Å². The maximum absolute atomic E-state index is 13.6. The number of aromatic amines is 1. The summed E-state index contributed by atoms with van der Waals surface area (Å²) in [6.45, 7) is 0.789. The highest BCUT2D eigenvalue weighted by atomic mass is 19.1. The van der Waals surface area contributed by atoms with E-state index in [-0.39, 0.29) is 0 Å². The second-order valence-electron chi connectivity index (χ2n) is 5.83. The van der Waals surface area contributed by atoms with Gasteiger partial charge in [-0.2, -0.15) is 15.5 Å². The molecule has 0 spiro atoms. The molecule has 0 radical (unpaired) electrons. The number of nitrogens with zero attached hydrogens (tertiary/aromatic N) is 6. The van der Waals surface area contributed by atoms with Crippen LogP contribution >= 0.6 is 0 Å². The summed E-state index contributed by atoms with van der Waals surface area (Å²) in [6, 6.07) is 4.02. The van der Waals surface area contributed by atoms with Gasteiger partial charge in [-0.05, 0) is 6.07 Å². The van der Waals surface area contributed by atoms with Crippen LogP contribution in [-0.2, 0) is 5.54 Å². The Morgan fingerprint density at radius 1 is 1.39 bits per heavy atom. The van der Waals surface area contributed by atoms with Crippen LogP contribution in [0.2, 0.25) is 0 Å². The Morgan fingerprint density at radius 3 is 3.04 bits per heavy atom. The van der Waals surface area contributed by atoms with Gasteiger partial charge in [0, 0.05) is 42.0 Å². The fourth-order valence-electron chi connectivity index (χ4n) is 3.11. The highest BCUT2D eigenvalue weighted by Gasteiger charge is 2.45. The number of rotatable bonds is 4. The summed E-state index contributed by atoms with van der Waals surface area (Å²) in [5.74, 6) is 0. The Hall–Kier alpha value is -2.79. The average Bonchev–Trinajstić information content (AvgIpc) is 3.19. The molecule has 0 aromatic carbocycles. The smallest absolute Gasteiger partial charge is 0.160 e. The second kappa shape index (κ2) is 5.14. The number of nitriles is 1. The first kappa shape index (κ1) is 13.8. The van der Waals surface area contributed by atoms with Gasteiger partial charge in [0.05, 0.1) is 25.0 Å². The molecule has 3 aromatic heterocycles. The fourth-order valence-corrected chi connectivity index (χ4v) is 3.11. The van der Waals surface area contributed by atoms with Crippen molar-refractivity contribution in [2.75, 3.05) is 26.3 Å². The zero-order valence-corrected chi connectivity index (χ0v) is 12.3. The van der Waals surface area contributed by atoms with Crippen molar-refractivity contribution in [3.8, 4) is 17.2 Å². The molecule has 4 heterocycles. The molecule has 4 rings (SSSR count). The summed E-state index contributed by atoms with van der Waals surface area (Å²) >= 11 is 0. The minimum atomic E-state index is -0.674. The van der Waals surface area contributed by atoms with Crippen LogP contribution in [0.4, 0.5) is 4.39 Å². The van der Waals surface area contributed by atoms with Gasteiger partial charge < -0.3 is 4.98 Å². The molecule has 116 valence electrons. The number of aromatic nitrogens is 5. The topological polar surface area (TPSA) is 86.4 Å². The first-order chi connectivity index (χ1) is 11.3. The molecule has 0 amide bonds. The molecule has 3 aromatic rings. The minimum Gasteiger partial charge on any atom is -0.345 e. The Bertz CT molecular complexity index is 885.